The maximum absolute atomic E-state index is 9.22. The molecular formula is C10H14N2O2. The van der Waals surface area contributed by atoms with Crippen LogP contribution in [0.25, 0.3) is 0 Å². The summed E-state index contributed by atoms with van der Waals surface area (Å²) in [5.41, 5.74) is 1.43. The molecule has 0 radical (unpaired) electrons. The van der Waals surface area contributed by atoms with Crippen LogP contribution in [0.15, 0.2) is 47.5 Å². The van der Waals surface area contributed by atoms with Crippen molar-refractivity contribution in [1.82, 2.24) is 10.6 Å². The molecule has 0 atom stereocenters. The maximum Gasteiger partial charge on any atom is 0.251 e. The molecule has 1 heterocycles. The van der Waals surface area contributed by atoms with Crippen molar-refractivity contribution >= 4 is 0 Å². The van der Waals surface area contributed by atoms with Gasteiger partial charge in [-0.3, -0.25) is 0 Å². The van der Waals surface area contributed by atoms with Crippen molar-refractivity contribution in [3.8, 4) is 0 Å². The number of hydrogen-bond donors (Lipinski definition) is 4. The molecule has 4 nitrogen and oxygen atoms in total. The lowest BCUT2D eigenvalue weighted by atomic mass is 10.2. The zero-order valence-corrected chi connectivity index (χ0v) is 8.20. The van der Waals surface area contributed by atoms with Crippen LogP contribution in [0.5, 0.6) is 0 Å². The van der Waals surface area contributed by atoms with Gasteiger partial charge in [-0.2, -0.15) is 0 Å². The Balaban J connectivity index is 2.98. The van der Waals surface area contributed by atoms with Gasteiger partial charge in [0.25, 0.3) is 11.8 Å². The first-order chi connectivity index (χ1) is 6.69. The number of hydrogen-bond acceptors (Lipinski definition) is 4. The molecule has 0 aromatic rings. The highest BCUT2D eigenvalue weighted by atomic mass is 16.3. The van der Waals surface area contributed by atoms with Crippen molar-refractivity contribution in [2.75, 3.05) is 0 Å². The van der Waals surface area contributed by atoms with E-state index in [0.717, 1.165) is 5.70 Å². The Bertz CT molecular complexity index is 338. The van der Waals surface area contributed by atoms with Gasteiger partial charge in [-0.25, -0.2) is 0 Å². The monoisotopic (exact) mass is 194 g/mol. The molecule has 0 saturated heterocycles. The maximum atomic E-state index is 9.22. The van der Waals surface area contributed by atoms with Crippen LogP contribution < -0.4 is 10.6 Å². The topological polar surface area (TPSA) is 64.5 Å². The van der Waals surface area contributed by atoms with Gasteiger partial charge >= 0.3 is 0 Å². The average Bonchev–Trinajstić information content (AvgIpc) is 2.19. The predicted octanol–water partition coefficient (Wildman–Crippen LogP) is 1.79. The van der Waals surface area contributed by atoms with Gasteiger partial charge in [0.2, 0.25) is 0 Å². The van der Waals surface area contributed by atoms with E-state index in [4.69, 9.17) is 0 Å². The average molecular weight is 194 g/mol. The van der Waals surface area contributed by atoms with E-state index in [-0.39, 0.29) is 11.8 Å². The third kappa shape index (κ3) is 2.10. The molecule has 1 aliphatic heterocycles. The summed E-state index contributed by atoms with van der Waals surface area (Å²) < 4.78 is 0. The molecule has 76 valence electrons. The highest BCUT2D eigenvalue weighted by molar-refractivity contribution is 5.37. The van der Waals surface area contributed by atoms with Crippen LogP contribution >= 0.6 is 0 Å². The summed E-state index contributed by atoms with van der Waals surface area (Å²) in [5.74, 6) is -0.540. The minimum Gasteiger partial charge on any atom is -0.491 e. The van der Waals surface area contributed by atoms with Crippen molar-refractivity contribution in [1.29, 1.82) is 0 Å². The van der Waals surface area contributed by atoms with Crippen molar-refractivity contribution in [3.05, 3.63) is 47.5 Å². The summed E-state index contributed by atoms with van der Waals surface area (Å²) in [7, 11) is 0. The molecule has 4 N–H and O–H groups in total. The molecule has 0 fully saturated rings. The first-order valence-electron chi connectivity index (χ1n) is 4.35. The number of allylic oxidation sites excluding steroid dienone is 4. The van der Waals surface area contributed by atoms with Crippen LogP contribution in [0.3, 0.4) is 0 Å². The molecule has 0 aromatic heterocycles. The van der Waals surface area contributed by atoms with Crippen molar-refractivity contribution in [2.45, 2.75) is 13.8 Å². The minimum absolute atomic E-state index is 0.268. The largest absolute Gasteiger partial charge is 0.491 e. The van der Waals surface area contributed by atoms with E-state index in [1.807, 2.05) is 26.0 Å². The lowest BCUT2D eigenvalue weighted by Gasteiger charge is -2.21. The highest BCUT2D eigenvalue weighted by Crippen LogP contribution is 2.13. The fraction of sp³-hybridized carbons (Fsp3) is 0.200. The Kier molecular flexibility index (Phi) is 3.23. The third-order valence-electron chi connectivity index (χ3n) is 1.76. The standard InChI is InChI=1S/C10H14N2O2/c1-3-5-6-8-7(4-2)11-9(13)10(14)12-8/h3-6,11-14H,1-2H3/b5-3-,7-4+,8-6+. The zero-order valence-electron chi connectivity index (χ0n) is 8.20. The Morgan fingerprint density at radius 3 is 2.07 bits per heavy atom. The molecule has 0 bridgehead atoms. The number of nitrogens with one attached hydrogen (secondary N) is 2. The van der Waals surface area contributed by atoms with Gasteiger partial charge in [0.05, 0.1) is 11.4 Å². The van der Waals surface area contributed by atoms with Gasteiger partial charge in [0, 0.05) is 0 Å². The fourth-order valence-electron chi connectivity index (χ4n) is 1.06. The zero-order chi connectivity index (χ0) is 10.6. The van der Waals surface area contributed by atoms with Crippen LogP contribution in [-0.4, -0.2) is 10.2 Å². The van der Waals surface area contributed by atoms with Crippen molar-refractivity contribution < 1.29 is 10.2 Å². The lowest BCUT2D eigenvalue weighted by Crippen LogP contribution is -2.31. The van der Waals surface area contributed by atoms with Gasteiger partial charge in [-0.05, 0) is 19.9 Å². The predicted molar refractivity (Wildman–Crippen MR) is 55.2 cm³/mol. The highest BCUT2D eigenvalue weighted by Gasteiger charge is 2.16. The summed E-state index contributed by atoms with van der Waals surface area (Å²) in [4.78, 5) is 0. The smallest absolute Gasteiger partial charge is 0.251 e. The van der Waals surface area contributed by atoms with Crippen LogP contribution in [-0.2, 0) is 0 Å². The molecule has 0 spiro atoms. The second-order valence-electron chi connectivity index (χ2n) is 2.76. The van der Waals surface area contributed by atoms with Crippen LogP contribution in [0.2, 0.25) is 0 Å². The van der Waals surface area contributed by atoms with E-state index in [1.165, 1.54) is 0 Å². The van der Waals surface area contributed by atoms with Gasteiger partial charge in [-0.1, -0.05) is 18.2 Å². The van der Waals surface area contributed by atoms with E-state index in [9.17, 15) is 10.2 Å². The molecule has 1 aliphatic rings. The first kappa shape index (κ1) is 10.2. The number of aliphatic hydroxyl groups is 2. The molecule has 0 aliphatic carbocycles. The molecular weight excluding hydrogens is 180 g/mol. The summed E-state index contributed by atoms with van der Waals surface area (Å²) in [6.07, 6.45) is 7.30. The van der Waals surface area contributed by atoms with Crippen LogP contribution in [0.1, 0.15) is 13.8 Å². The first-order valence-corrected chi connectivity index (χ1v) is 4.35. The number of rotatable bonds is 1. The second kappa shape index (κ2) is 4.41. The minimum atomic E-state index is -0.272. The Morgan fingerprint density at radius 2 is 1.57 bits per heavy atom. The van der Waals surface area contributed by atoms with Crippen LogP contribution in [0, 0.1) is 0 Å². The normalized spacial score (nSPS) is 23.0. The quantitative estimate of drug-likeness (QED) is 0.514. The van der Waals surface area contributed by atoms with Crippen molar-refractivity contribution in [3.63, 3.8) is 0 Å². The number of aliphatic hydroxyl groups excluding tert-OH is 2. The fourth-order valence-corrected chi connectivity index (χ4v) is 1.06. The Labute approximate surface area is 82.9 Å². The van der Waals surface area contributed by atoms with E-state index >= 15 is 0 Å². The third-order valence-corrected chi connectivity index (χ3v) is 1.76. The van der Waals surface area contributed by atoms with E-state index in [0.29, 0.717) is 5.70 Å². The molecule has 1 rings (SSSR count). The summed E-state index contributed by atoms with van der Waals surface area (Å²) in [5, 5.41) is 23.7. The Morgan fingerprint density at radius 1 is 1.00 bits per heavy atom. The van der Waals surface area contributed by atoms with Gasteiger partial charge in [-0.15, -0.1) is 0 Å². The van der Waals surface area contributed by atoms with Gasteiger partial charge in [0.1, 0.15) is 0 Å². The SMILES string of the molecule is C\C=C/C=C1/NC(O)=C(O)N/C1=C/C. The van der Waals surface area contributed by atoms with Crippen molar-refractivity contribution in [2.24, 2.45) is 0 Å². The van der Waals surface area contributed by atoms with Gasteiger partial charge < -0.3 is 20.8 Å². The summed E-state index contributed by atoms with van der Waals surface area (Å²) in [6, 6.07) is 0. The summed E-state index contributed by atoms with van der Waals surface area (Å²) in [6.45, 7) is 3.74. The second-order valence-corrected chi connectivity index (χ2v) is 2.76. The van der Waals surface area contributed by atoms with E-state index in [2.05, 4.69) is 10.6 Å². The lowest BCUT2D eigenvalue weighted by molar-refractivity contribution is 0.276. The van der Waals surface area contributed by atoms with Crippen LogP contribution in [0.4, 0.5) is 0 Å². The Hall–Kier alpha value is -1.84. The van der Waals surface area contributed by atoms with Gasteiger partial charge in [0.15, 0.2) is 0 Å². The molecule has 14 heavy (non-hydrogen) atoms. The molecule has 0 aromatic carbocycles. The van der Waals surface area contributed by atoms with E-state index in [1.54, 1.807) is 12.2 Å². The summed E-state index contributed by atoms with van der Waals surface area (Å²) >= 11 is 0. The van der Waals surface area contributed by atoms with E-state index < -0.39 is 0 Å². The molecule has 0 amide bonds. The molecule has 0 saturated carbocycles. The molecule has 4 heteroatoms. The molecule has 0 unspecified atom stereocenters.